The maximum absolute atomic E-state index is 13.5. The average Bonchev–Trinajstić information content (AvgIpc) is 2.96. The minimum Gasteiger partial charge on any atom is -0.458 e. The number of aliphatic hydroxyl groups is 1. The van der Waals surface area contributed by atoms with E-state index in [1.165, 1.54) is 20.8 Å². The molecule has 0 heterocycles. The van der Waals surface area contributed by atoms with Crippen molar-refractivity contribution in [3.8, 4) is 0 Å². The van der Waals surface area contributed by atoms with Crippen LogP contribution in [0.25, 0.3) is 0 Å². The summed E-state index contributed by atoms with van der Waals surface area (Å²) in [6.45, 7) is 16.0. The highest BCUT2D eigenvalue weighted by Gasteiger charge is 2.63. The van der Waals surface area contributed by atoms with Crippen LogP contribution in [0.4, 0.5) is 0 Å². The minimum atomic E-state index is -1.06. The summed E-state index contributed by atoms with van der Waals surface area (Å²) in [7, 11) is 3.82. The third-order valence-corrected chi connectivity index (χ3v) is 10.8. The predicted octanol–water partition coefficient (Wildman–Crippen LogP) is 5.10. The Labute approximate surface area is 278 Å². The first kappa shape index (κ1) is 36.3. The fourth-order valence-electron chi connectivity index (χ4n) is 8.59. The van der Waals surface area contributed by atoms with Crippen LogP contribution < -0.4 is 0 Å². The van der Waals surface area contributed by atoms with Crippen LogP contribution in [-0.2, 0) is 38.1 Å². The zero-order chi connectivity index (χ0) is 35.0. The molecule has 0 aliphatic heterocycles. The zero-order valence-corrected chi connectivity index (χ0v) is 29.2. The second-order valence-electron chi connectivity index (χ2n) is 14.5. The van der Waals surface area contributed by atoms with Gasteiger partial charge in [-0.2, -0.15) is 0 Å². The fraction of sp³-hybridized carbons (Fsp3) is 0.622. The van der Waals surface area contributed by atoms with E-state index in [4.69, 9.17) is 18.9 Å². The number of nitrogens with zero attached hydrogens (tertiary/aromatic N) is 1. The molecule has 10 nitrogen and oxygen atoms in total. The normalized spacial score (nSPS) is 32.3. The molecule has 9 atom stereocenters. The first-order valence-electron chi connectivity index (χ1n) is 16.4. The van der Waals surface area contributed by atoms with Gasteiger partial charge in [-0.3, -0.25) is 19.2 Å². The van der Waals surface area contributed by atoms with Crippen molar-refractivity contribution in [2.24, 2.45) is 22.7 Å². The summed E-state index contributed by atoms with van der Waals surface area (Å²) < 4.78 is 24.0. The van der Waals surface area contributed by atoms with Gasteiger partial charge < -0.3 is 29.0 Å². The van der Waals surface area contributed by atoms with Gasteiger partial charge in [0, 0.05) is 38.1 Å². The maximum atomic E-state index is 13.5. The van der Waals surface area contributed by atoms with Gasteiger partial charge in [0.05, 0.1) is 12.5 Å². The summed E-state index contributed by atoms with van der Waals surface area (Å²) in [4.78, 5) is 53.1. The van der Waals surface area contributed by atoms with Gasteiger partial charge in [0.2, 0.25) is 0 Å². The predicted molar refractivity (Wildman–Crippen MR) is 175 cm³/mol. The van der Waals surface area contributed by atoms with Crippen molar-refractivity contribution < 1.29 is 43.2 Å². The molecule has 3 aliphatic carbocycles. The summed E-state index contributed by atoms with van der Waals surface area (Å²) in [6.07, 6.45) is -3.31. The van der Waals surface area contributed by atoms with Gasteiger partial charge in [0.15, 0.2) is 6.10 Å². The molecule has 1 aromatic rings. The van der Waals surface area contributed by atoms with Crippen LogP contribution in [0, 0.1) is 22.7 Å². The van der Waals surface area contributed by atoms with Crippen LogP contribution in [-0.4, -0.2) is 78.5 Å². The smallest absolute Gasteiger partial charge is 0.308 e. The number of carbonyl (C=O) groups is 4. The third-order valence-electron chi connectivity index (χ3n) is 10.8. The molecule has 0 aromatic heterocycles. The topological polar surface area (TPSA) is 129 Å². The van der Waals surface area contributed by atoms with Crippen molar-refractivity contribution in [2.75, 3.05) is 14.1 Å². The summed E-state index contributed by atoms with van der Waals surface area (Å²) in [5, 5.41) is 12.4. The van der Waals surface area contributed by atoms with Crippen molar-refractivity contribution in [3.05, 3.63) is 59.2 Å². The molecule has 0 radical (unpaired) electrons. The number of fused-ring (bicyclic) bond motifs is 3. The lowest BCUT2D eigenvalue weighted by molar-refractivity contribution is -0.198. The monoisotopic (exact) mass is 653 g/mol. The van der Waals surface area contributed by atoms with Crippen molar-refractivity contribution in [3.63, 3.8) is 0 Å². The number of aliphatic hydroxyl groups excluding tert-OH is 1. The molecule has 2 fully saturated rings. The molecule has 1 N–H and O–H groups in total. The molecule has 2 saturated carbocycles. The van der Waals surface area contributed by atoms with Crippen LogP contribution in [0.15, 0.2) is 53.6 Å². The van der Waals surface area contributed by atoms with E-state index in [2.05, 4.69) is 6.58 Å². The Morgan fingerprint density at radius 3 is 2.09 bits per heavy atom. The molecular formula is C37H51NO9. The van der Waals surface area contributed by atoms with E-state index >= 15 is 0 Å². The molecule has 47 heavy (non-hydrogen) atoms. The zero-order valence-electron chi connectivity index (χ0n) is 29.2. The molecule has 258 valence electrons. The summed E-state index contributed by atoms with van der Waals surface area (Å²) >= 11 is 0. The molecule has 0 spiro atoms. The van der Waals surface area contributed by atoms with Gasteiger partial charge >= 0.3 is 23.9 Å². The van der Waals surface area contributed by atoms with E-state index in [1.807, 2.05) is 77.0 Å². The Balaban J connectivity index is 1.78. The van der Waals surface area contributed by atoms with E-state index in [9.17, 15) is 24.3 Å². The highest BCUT2D eigenvalue weighted by atomic mass is 16.6. The standard InChI is InChI=1S/C37H51NO9/c1-20-28(47-30(42)19-27(38(9)10)25-14-12-11-13-15-25)16-17-37(8)31(20)33(43)26-18-29(44-22(3)39)21(2)32(36(26,6)7)34(45-23(4)40)35(37)46-24(5)41/h11-15,26-29,31,33-35,43H,1,16-19H2,2-10H3/t26-,27+,28-,29-,31-,33+,34+,35-,37-/m0/s1. The van der Waals surface area contributed by atoms with Gasteiger partial charge in [0.1, 0.15) is 18.3 Å². The Kier molecular flexibility index (Phi) is 10.8. The van der Waals surface area contributed by atoms with E-state index in [0.29, 0.717) is 36.0 Å². The number of rotatable bonds is 8. The molecule has 4 rings (SSSR count). The molecule has 3 aliphatic rings. The van der Waals surface area contributed by atoms with Gasteiger partial charge in [-0.05, 0) is 73.9 Å². The van der Waals surface area contributed by atoms with E-state index in [-0.39, 0.29) is 12.5 Å². The molecule has 10 heteroatoms. The first-order valence-corrected chi connectivity index (χ1v) is 16.4. The van der Waals surface area contributed by atoms with Crippen LogP contribution >= 0.6 is 0 Å². The number of carbonyl (C=O) groups excluding carboxylic acids is 4. The quantitative estimate of drug-likeness (QED) is 0.230. The Bertz CT molecular complexity index is 1420. The lowest BCUT2D eigenvalue weighted by Crippen LogP contribution is -2.63. The second kappa shape index (κ2) is 13.9. The lowest BCUT2D eigenvalue weighted by Gasteiger charge is -2.59. The summed E-state index contributed by atoms with van der Waals surface area (Å²) in [5.74, 6) is -3.22. The van der Waals surface area contributed by atoms with Crippen LogP contribution in [0.2, 0.25) is 0 Å². The molecule has 0 amide bonds. The molecule has 2 bridgehead atoms. The highest BCUT2D eigenvalue weighted by Crippen LogP contribution is 2.60. The van der Waals surface area contributed by atoms with Gasteiger partial charge in [0.25, 0.3) is 0 Å². The van der Waals surface area contributed by atoms with Crippen molar-refractivity contribution in [1.29, 1.82) is 0 Å². The van der Waals surface area contributed by atoms with Crippen molar-refractivity contribution in [2.45, 2.75) is 111 Å². The van der Waals surface area contributed by atoms with E-state index < -0.39 is 77.1 Å². The van der Waals surface area contributed by atoms with Gasteiger partial charge in [-0.1, -0.05) is 57.7 Å². The number of ether oxygens (including phenoxy) is 4. The first-order chi connectivity index (χ1) is 21.9. The lowest BCUT2D eigenvalue weighted by atomic mass is 9.49. The van der Waals surface area contributed by atoms with Crippen LogP contribution in [0.1, 0.15) is 85.8 Å². The molecule has 0 unspecified atom stereocenters. The Hall–Kier alpha value is -3.50. The van der Waals surface area contributed by atoms with Crippen molar-refractivity contribution >= 4 is 23.9 Å². The van der Waals surface area contributed by atoms with Crippen LogP contribution in [0.5, 0.6) is 0 Å². The molecular weight excluding hydrogens is 602 g/mol. The number of hydrogen-bond donors (Lipinski definition) is 1. The van der Waals surface area contributed by atoms with Gasteiger partial charge in [-0.25, -0.2) is 0 Å². The summed E-state index contributed by atoms with van der Waals surface area (Å²) in [5.41, 5.74) is 1.12. The third kappa shape index (κ3) is 7.18. The SMILES string of the molecule is C=C1[C@@H](OC(=O)C[C@H](c2ccccc2)N(C)C)CC[C@]2(C)[C@@H](OC(C)=O)[C@H](OC(C)=O)C3=C(C)[C@@H](OC(C)=O)C[C@@H]([C@@H](O)[C@H]12)C3(C)C. The number of esters is 4. The fourth-order valence-corrected chi connectivity index (χ4v) is 8.59. The highest BCUT2D eigenvalue weighted by molar-refractivity contribution is 5.71. The Morgan fingerprint density at radius 1 is 0.936 bits per heavy atom. The van der Waals surface area contributed by atoms with Gasteiger partial charge in [-0.15, -0.1) is 0 Å². The molecule has 0 saturated heterocycles. The minimum absolute atomic E-state index is 0.114. The summed E-state index contributed by atoms with van der Waals surface area (Å²) in [6, 6.07) is 9.53. The Morgan fingerprint density at radius 2 is 1.53 bits per heavy atom. The van der Waals surface area contributed by atoms with E-state index in [1.54, 1.807) is 0 Å². The van der Waals surface area contributed by atoms with E-state index in [0.717, 1.165) is 5.56 Å². The average molecular weight is 654 g/mol. The second-order valence-corrected chi connectivity index (χ2v) is 14.5. The van der Waals surface area contributed by atoms with Crippen molar-refractivity contribution in [1.82, 2.24) is 4.90 Å². The largest absolute Gasteiger partial charge is 0.458 e. The number of benzene rings is 1. The molecule has 1 aromatic carbocycles. The maximum Gasteiger partial charge on any atom is 0.308 e. The van der Waals surface area contributed by atoms with Crippen LogP contribution in [0.3, 0.4) is 0 Å². The number of hydrogen-bond acceptors (Lipinski definition) is 10.